The predicted molar refractivity (Wildman–Crippen MR) is 79.0 cm³/mol. The highest BCUT2D eigenvalue weighted by atomic mass is 16.1. The SMILES string of the molecule is CCn1c(=O)n(CC)c2cc(N3CCCC3)ccc21. The van der Waals surface area contributed by atoms with Crippen LogP contribution < -0.4 is 10.6 Å². The van der Waals surface area contributed by atoms with Crippen molar-refractivity contribution >= 4 is 16.7 Å². The van der Waals surface area contributed by atoms with Gasteiger partial charge >= 0.3 is 5.69 Å². The van der Waals surface area contributed by atoms with Gasteiger partial charge in [-0.2, -0.15) is 0 Å². The summed E-state index contributed by atoms with van der Waals surface area (Å²) in [6.45, 7) is 7.78. The van der Waals surface area contributed by atoms with E-state index in [0.717, 1.165) is 37.2 Å². The molecule has 2 aromatic rings. The Kier molecular flexibility index (Phi) is 3.09. The van der Waals surface area contributed by atoms with E-state index in [1.807, 2.05) is 23.0 Å². The zero-order valence-electron chi connectivity index (χ0n) is 11.7. The van der Waals surface area contributed by atoms with Gasteiger partial charge in [-0.3, -0.25) is 9.13 Å². The molecule has 0 amide bonds. The first-order valence-electron chi connectivity index (χ1n) is 7.24. The third-order valence-electron chi connectivity index (χ3n) is 4.11. The third kappa shape index (κ3) is 1.86. The first-order chi connectivity index (χ1) is 9.26. The molecule has 0 atom stereocenters. The minimum absolute atomic E-state index is 0.110. The second-order valence-electron chi connectivity index (χ2n) is 5.14. The molecule has 3 rings (SSSR count). The predicted octanol–water partition coefficient (Wildman–Crippen LogP) is 2.44. The molecule has 4 nitrogen and oxygen atoms in total. The summed E-state index contributed by atoms with van der Waals surface area (Å²) in [4.78, 5) is 14.7. The number of fused-ring (bicyclic) bond motifs is 1. The van der Waals surface area contributed by atoms with Crippen LogP contribution in [0.4, 0.5) is 5.69 Å². The minimum Gasteiger partial charge on any atom is -0.371 e. The Labute approximate surface area is 113 Å². The average molecular weight is 259 g/mol. The van der Waals surface area contributed by atoms with E-state index in [-0.39, 0.29) is 5.69 Å². The van der Waals surface area contributed by atoms with Crippen LogP contribution in [0.25, 0.3) is 11.0 Å². The summed E-state index contributed by atoms with van der Waals surface area (Å²) in [5.41, 5.74) is 3.48. The largest absolute Gasteiger partial charge is 0.371 e. The minimum atomic E-state index is 0.110. The number of aryl methyl sites for hydroxylation is 2. The Morgan fingerprint density at radius 2 is 1.63 bits per heavy atom. The van der Waals surface area contributed by atoms with E-state index in [1.54, 1.807) is 0 Å². The Hall–Kier alpha value is -1.71. The number of hydrogen-bond donors (Lipinski definition) is 0. The summed E-state index contributed by atoms with van der Waals surface area (Å²) in [7, 11) is 0. The molecule has 2 heterocycles. The molecule has 0 saturated carbocycles. The topological polar surface area (TPSA) is 30.2 Å². The molecule has 1 fully saturated rings. The van der Waals surface area contributed by atoms with Crippen LogP contribution in [0.5, 0.6) is 0 Å². The molecule has 1 aliphatic heterocycles. The maximum absolute atomic E-state index is 12.3. The average Bonchev–Trinajstić information content (AvgIpc) is 3.03. The van der Waals surface area contributed by atoms with Crippen LogP contribution in [0.1, 0.15) is 26.7 Å². The van der Waals surface area contributed by atoms with Gasteiger partial charge in [0.15, 0.2) is 0 Å². The van der Waals surface area contributed by atoms with Crippen molar-refractivity contribution in [1.82, 2.24) is 9.13 Å². The number of nitrogens with zero attached hydrogens (tertiary/aromatic N) is 3. The number of benzene rings is 1. The first kappa shape index (κ1) is 12.3. The fraction of sp³-hybridized carbons (Fsp3) is 0.533. The lowest BCUT2D eigenvalue weighted by molar-refractivity contribution is 0.671. The molecule has 1 aromatic carbocycles. The van der Waals surface area contributed by atoms with Gasteiger partial charge in [0.2, 0.25) is 0 Å². The molecule has 4 heteroatoms. The molecule has 0 N–H and O–H groups in total. The van der Waals surface area contributed by atoms with Gasteiger partial charge in [0.1, 0.15) is 0 Å². The zero-order chi connectivity index (χ0) is 13.4. The van der Waals surface area contributed by atoms with E-state index in [1.165, 1.54) is 18.5 Å². The Balaban J connectivity index is 2.19. The van der Waals surface area contributed by atoms with Crippen LogP contribution in [-0.4, -0.2) is 22.2 Å². The van der Waals surface area contributed by atoms with Crippen molar-refractivity contribution < 1.29 is 0 Å². The van der Waals surface area contributed by atoms with Crippen LogP contribution in [0.2, 0.25) is 0 Å². The van der Waals surface area contributed by atoms with Crippen molar-refractivity contribution in [3.05, 3.63) is 28.7 Å². The molecule has 19 heavy (non-hydrogen) atoms. The Morgan fingerprint density at radius 1 is 1.00 bits per heavy atom. The van der Waals surface area contributed by atoms with Gasteiger partial charge < -0.3 is 4.90 Å². The van der Waals surface area contributed by atoms with Gasteiger partial charge in [-0.25, -0.2) is 4.79 Å². The first-order valence-corrected chi connectivity index (χ1v) is 7.24. The summed E-state index contributed by atoms with van der Waals surface area (Å²) in [6, 6.07) is 6.43. The highest BCUT2D eigenvalue weighted by molar-refractivity contribution is 5.80. The van der Waals surface area contributed by atoms with E-state index < -0.39 is 0 Å². The molecule has 0 radical (unpaired) electrons. The Morgan fingerprint density at radius 3 is 2.26 bits per heavy atom. The molecule has 1 saturated heterocycles. The third-order valence-corrected chi connectivity index (χ3v) is 4.11. The van der Waals surface area contributed by atoms with E-state index in [2.05, 4.69) is 23.1 Å². The quantitative estimate of drug-likeness (QED) is 0.847. The van der Waals surface area contributed by atoms with Crippen LogP contribution >= 0.6 is 0 Å². The van der Waals surface area contributed by atoms with Crippen molar-refractivity contribution in [2.24, 2.45) is 0 Å². The molecule has 0 aliphatic carbocycles. The van der Waals surface area contributed by atoms with Crippen molar-refractivity contribution in [3.63, 3.8) is 0 Å². The maximum atomic E-state index is 12.3. The molecule has 0 spiro atoms. The molecule has 0 bridgehead atoms. The van der Waals surface area contributed by atoms with Gasteiger partial charge in [-0.1, -0.05) is 0 Å². The summed E-state index contributed by atoms with van der Waals surface area (Å²) in [5, 5.41) is 0. The smallest absolute Gasteiger partial charge is 0.329 e. The molecule has 0 unspecified atom stereocenters. The van der Waals surface area contributed by atoms with Crippen molar-refractivity contribution in [1.29, 1.82) is 0 Å². The van der Waals surface area contributed by atoms with Crippen LogP contribution in [0.15, 0.2) is 23.0 Å². The maximum Gasteiger partial charge on any atom is 0.329 e. The molecule has 102 valence electrons. The lowest BCUT2D eigenvalue weighted by Crippen LogP contribution is -2.23. The van der Waals surface area contributed by atoms with Crippen LogP contribution in [-0.2, 0) is 13.1 Å². The van der Waals surface area contributed by atoms with E-state index in [9.17, 15) is 4.79 Å². The fourth-order valence-corrected chi connectivity index (χ4v) is 3.09. The van der Waals surface area contributed by atoms with E-state index >= 15 is 0 Å². The van der Waals surface area contributed by atoms with Gasteiger partial charge in [0.25, 0.3) is 0 Å². The van der Waals surface area contributed by atoms with Gasteiger partial charge in [-0.15, -0.1) is 0 Å². The van der Waals surface area contributed by atoms with Crippen molar-refractivity contribution in [2.75, 3.05) is 18.0 Å². The Bertz CT molecular complexity index is 647. The molecule has 1 aliphatic rings. The summed E-state index contributed by atoms with van der Waals surface area (Å²) in [5.74, 6) is 0. The molecule has 1 aromatic heterocycles. The van der Waals surface area contributed by atoms with Crippen LogP contribution in [0.3, 0.4) is 0 Å². The summed E-state index contributed by atoms with van der Waals surface area (Å²) < 4.78 is 3.73. The molecular formula is C15H21N3O. The fourth-order valence-electron chi connectivity index (χ4n) is 3.09. The van der Waals surface area contributed by atoms with Gasteiger partial charge in [0.05, 0.1) is 11.0 Å². The number of hydrogen-bond acceptors (Lipinski definition) is 2. The monoisotopic (exact) mass is 259 g/mol. The highest BCUT2D eigenvalue weighted by Crippen LogP contribution is 2.24. The van der Waals surface area contributed by atoms with Gasteiger partial charge in [0, 0.05) is 31.9 Å². The van der Waals surface area contributed by atoms with E-state index in [0.29, 0.717) is 0 Å². The van der Waals surface area contributed by atoms with Crippen LogP contribution in [0, 0.1) is 0 Å². The lowest BCUT2D eigenvalue weighted by Gasteiger charge is -2.17. The normalized spacial score (nSPS) is 15.6. The lowest BCUT2D eigenvalue weighted by atomic mass is 10.2. The van der Waals surface area contributed by atoms with Gasteiger partial charge in [-0.05, 0) is 44.9 Å². The highest BCUT2D eigenvalue weighted by Gasteiger charge is 2.16. The molecular weight excluding hydrogens is 238 g/mol. The number of anilines is 1. The number of imidazole rings is 1. The number of rotatable bonds is 3. The summed E-state index contributed by atoms with van der Waals surface area (Å²) >= 11 is 0. The second kappa shape index (κ2) is 4.76. The number of aromatic nitrogens is 2. The second-order valence-corrected chi connectivity index (χ2v) is 5.14. The summed E-state index contributed by atoms with van der Waals surface area (Å²) in [6.07, 6.45) is 2.54. The standard InChI is InChI=1S/C15H21N3O/c1-3-17-13-8-7-12(16-9-5-6-10-16)11-14(13)18(4-2)15(17)19/h7-8,11H,3-6,9-10H2,1-2H3. The van der Waals surface area contributed by atoms with E-state index in [4.69, 9.17) is 0 Å². The van der Waals surface area contributed by atoms with Crippen molar-refractivity contribution in [3.8, 4) is 0 Å². The zero-order valence-corrected chi connectivity index (χ0v) is 11.7. The van der Waals surface area contributed by atoms with Crippen molar-refractivity contribution in [2.45, 2.75) is 39.8 Å².